The van der Waals surface area contributed by atoms with Crippen LogP contribution in [0, 0.1) is 13.8 Å². The van der Waals surface area contributed by atoms with E-state index in [1.165, 1.54) is 11.8 Å². The molecule has 1 saturated heterocycles. The van der Waals surface area contributed by atoms with Crippen molar-refractivity contribution in [3.05, 3.63) is 61.4 Å². The first kappa shape index (κ1) is 18.0. The Morgan fingerprint density at radius 3 is 2.56 bits per heavy atom. The Bertz CT molecular complexity index is 921. The highest BCUT2D eigenvalue weighted by atomic mass is 79.9. The van der Waals surface area contributed by atoms with Crippen LogP contribution in [0.1, 0.15) is 16.7 Å². The lowest BCUT2D eigenvalue weighted by Gasteiger charge is -2.03. The SMILES string of the molecule is Cc1cc(C)cc(N=C2NC(=O)/C(=C\c3cc(Br)cc(Cl)c3O)S2)c1. The third-order valence-electron chi connectivity index (χ3n) is 3.43. The van der Waals surface area contributed by atoms with Gasteiger partial charge in [-0.2, -0.15) is 0 Å². The molecule has 0 spiro atoms. The summed E-state index contributed by atoms with van der Waals surface area (Å²) in [5, 5.41) is 13.5. The van der Waals surface area contributed by atoms with E-state index in [4.69, 9.17) is 11.6 Å². The van der Waals surface area contributed by atoms with Gasteiger partial charge in [0, 0.05) is 10.0 Å². The Hall–Kier alpha value is -1.76. The Kier molecular flexibility index (Phi) is 5.22. The average molecular weight is 438 g/mol. The van der Waals surface area contributed by atoms with Gasteiger partial charge in [0.25, 0.3) is 5.91 Å². The Labute approximate surface area is 163 Å². The average Bonchev–Trinajstić information content (AvgIpc) is 2.82. The highest BCUT2D eigenvalue weighted by molar-refractivity contribution is 9.10. The third kappa shape index (κ3) is 4.26. The minimum atomic E-state index is -0.261. The number of rotatable bonds is 2. The van der Waals surface area contributed by atoms with E-state index in [9.17, 15) is 9.90 Å². The molecule has 1 heterocycles. The van der Waals surface area contributed by atoms with E-state index in [0.717, 1.165) is 21.3 Å². The molecular formula is C18H14BrClN2O2S. The van der Waals surface area contributed by atoms with Gasteiger partial charge in [0.2, 0.25) is 0 Å². The van der Waals surface area contributed by atoms with Gasteiger partial charge < -0.3 is 10.4 Å². The van der Waals surface area contributed by atoms with E-state index < -0.39 is 0 Å². The number of nitrogens with one attached hydrogen (secondary N) is 1. The van der Waals surface area contributed by atoms with Crippen LogP contribution < -0.4 is 5.32 Å². The number of halogens is 2. The zero-order chi connectivity index (χ0) is 18.1. The minimum Gasteiger partial charge on any atom is -0.506 e. The number of amidine groups is 1. The predicted octanol–water partition coefficient (Wildman–Crippen LogP) is 5.32. The Morgan fingerprint density at radius 2 is 1.88 bits per heavy atom. The molecule has 2 N–H and O–H groups in total. The third-order valence-corrected chi connectivity index (χ3v) is 5.09. The Morgan fingerprint density at radius 1 is 1.20 bits per heavy atom. The molecule has 1 aliphatic heterocycles. The number of aryl methyl sites for hydroxylation is 2. The van der Waals surface area contributed by atoms with E-state index in [1.54, 1.807) is 18.2 Å². The quantitative estimate of drug-likeness (QED) is 0.625. The normalized spacial score (nSPS) is 17.4. The molecular weight excluding hydrogens is 424 g/mol. The molecule has 1 aliphatic rings. The van der Waals surface area contributed by atoms with Gasteiger partial charge in [-0.1, -0.05) is 33.6 Å². The summed E-state index contributed by atoms with van der Waals surface area (Å²) in [4.78, 5) is 17.1. The van der Waals surface area contributed by atoms with Crippen LogP contribution in [0.25, 0.3) is 6.08 Å². The fourth-order valence-corrected chi connectivity index (χ4v) is 4.12. The molecule has 0 atom stereocenters. The van der Waals surface area contributed by atoms with E-state index >= 15 is 0 Å². The standard InChI is InChI=1S/C18H14BrClN2O2S/c1-9-3-10(2)5-13(4-9)21-18-22-17(24)15(25-18)7-11-6-12(19)8-14(20)16(11)23/h3-8,23H,1-2H3,(H,21,22,24)/b15-7+. The molecule has 128 valence electrons. The van der Waals surface area contributed by atoms with Gasteiger partial charge in [-0.05, 0) is 67.1 Å². The van der Waals surface area contributed by atoms with Gasteiger partial charge in [0.05, 0.1) is 15.6 Å². The van der Waals surface area contributed by atoms with E-state index in [1.807, 2.05) is 26.0 Å². The van der Waals surface area contributed by atoms with Gasteiger partial charge in [-0.3, -0.25) is 4.79 Å². The topological polar surface area (TPSA) is 61.7 Å². The monoisotopic (exact) mass is 436 g/mol. The number of hydrogen-bond acceptors (Lipinski definition) is 4. The summed E-state index contributed by atoms with van der Waals surface area (Å²) in [6, 6.07) is 9.26. The van der Waals surface area contributed by atoms with Crippen molar-refractivity contribution in [2.75, 3.05) is 0 Å². The second-order valence-electron chi connectivity index (χ2n) is 5.65. The number of phenols is 1. The minimum absolute atomic E-state index is 0.0644. The number of carbonyl (C=O) groups is 1. The van der Waals surface area contributed by atoms with Crippen molar-refractivity contribution in [2.24, 2.45) is 4.99 Å². The summed E-state index contributed by atoms with van der Waals surface area (Å²) in [6.07, 6.45) is 1.59. The molecule has 0 saturated carbocycles. The lowest BCUT2D eigenvalue weighted by Crippen LogP contribution is -2.19. The van der Waals surface area contributed by atoms with E-state index in [-0.39, 0.29) is 16.7 Å². The number of phenolic OH excluding ortho intramolecular Hbond substituents is 1. The second-order valence-corrected chi connectivity index (χ2v) is 8.01. The molecule has 2 aromatic rings. The molecule has 0 aliphatic carbocycles. The number of carbonyl (C=O) groups excluding carboxylic acids is 1. The number of amides is 1. The van der Waals surface area contributed by atoms with Crippen molar-refractivity contribution in [3.63, 3.8) is 0 Å². The molecule has 3 rings (SSSR count). The largest absolute Gasteiger partial charge is 0.506 e. The first-order chi connectivity index (χ1) is 11.8. The summed E-state index contributed by atoms with van der Waals surface area (Å²) in [5.41, 5.74) is 3.47. The molecule has 2 aromatic carbocycles. The molecule has 1 fully saturated rings. The smallest absolute Gasteiger partial charge is 0.264 e. The second kappa shape index (κ2) is 7.23. The molecule has 0 radical (unpaired) electrons. The van der Waals surface area contributed by atoms with Crippen LogP contribution in [-0.2, 0) is 4.79 Å². The van der Waals surface area contributed by atoms with Crippen LogP contribution >= 0.6 is 39.3 Å². The predicted molar refractivity (Wildman–Crippen MR) is 108 cm³/mol. The molecule has 0 bridgehead atoms. The van der Waals surface area contributed by atoms with Crippen LogP contribution in [-0.4, -0.2) is 16.2 Å². The van der Waals surface area contributed by atoms with Crippen molar-refractivity contribution >= 4 is 62.1 Å². The van der Waals surface area contributed by atoms with Crippen molar-refractivity contribution in [2.45, 2.75) is 13.8 Å². The zero-order valence-corrected chi connectivity index (χ0v) is 16.6. The summed E-state index contributed by atoms with van der Waals surface area (Å²) in [5.74, 6) is -0.325. The van der Waals surface area contributed by atoms with Gasteiger partial charge in [-0.25, -0.2) is 4.99 Å². The van der Waals surface area contributed by atoms with Crippen LogP contribution in [0.3, 0.4) is 0 Å². The summed E-state index contributed by atoms with van der Waals surface area (Å²) >= 11 is 10.5. The summed E-state index contributed by atoms with van der Waals surface area (Å²) in [7, 11) is 0. The fraction of sp³-hybridized carbons (Fsp3) is 0.111. The zero-order valence-electron chi connectivity index (χ0n) is 13.4. The van der Waals surface area contributed by atoms with Gasteiger partial charge >= 0.3 is 0 Å². The number of thioether (sulfide) groups is 1. The molecule has 7 heteroatoms. The van der Waals surface area contributed by atoms with Crippen molar-refractivity contribution in [3.8, 4) is 5.75 Å². The number of aliphatic imine (C=N–C) groups is 1. The van der Waals surface area contributed by atoms with E-state index in [2.05, 4.69) is 32.3 Å². The Balaban J connectivity index is 1.91. The number of aromatic hydroxyl groups is 1. The van der Waals surface area contributed by atoms with Crippen LogP contribution in [0.15, 0.2) is 44.7 Å². The maximum Gasteiger partial charge on any atom is 0.264 e. The van der Waals surface area contributed by atoms with Crippen LogP contribution in [0.4, 0.5) is 5.69 Å². The van der Waals surface area contributed by atoms with Crippen molar-refractivity contribution in [1.29, 1.82) is 0 Å². The molecule has 0 aromatic heterocycles. The van der Waals surface area contributed by atoms with E-state index in [0.29, 0.717) is 15.6 Å². The first-order valence-electron chi connectivity index (χ1n) is 7.38. The summed E-state index contributed by atoms with van der Waals surface area (Å²) in [6.45, 7) is 4.00. The lowest BCUT2D eigenvalue weighted by atomic mass is 10.1. The maximum absolute atomic E-state index is 12.2. The number of nitrogens with zero attached hydrogens (tertiary/aromatic N) is 1. The molecule has 25 heavy (non-hydrogen) atoms. The summed E-state index contributed by atoms with van der Waals surface area (Å²) < 4.78 is 0.717. The highest BCUT2D eigenvalue weighted by Gasteiger charge is 2.24. The molecule has 1 amide bonds. The van der Waals surface area contributed by atoms with Gasteiger partial charge in [0.1, 0.15) is 5.75 Å². The van der Waals surface area contributed by atoms with Crippen LogP contribution in [0.5, 0.6) is 5.75 Å². The molecule has 0 unspecified atom stereocenters. The molecule has 4 nitrogen and oxygen atoms in total. The van der Waals surface area contributed by atoms with Crippen molar-refractivity contribution in [1.82, 2.24) is 5.32 Å². The van der Waals surface area contributed by atoms with Crippen molar-refractivity contribution < 1.29 is 9.90 Å². The fourth-order valence-electron chi connectivity index (χ4n) is 2.45. The maximum atomic E-state index is 12.2. The number of hydrogen-bond donors (Lipinski definition) is 2. The van der Waals surface area contributed by atoms with Gasteiger partial charge in [-0.15, -0.1) is 0 Å². The highest BCUT2D eigenvalue weighted by Crippen LogP contribution is 2.35. The van der Waals surface area contributed by atoms with Gasteiger partial charge in [0.15, 0.2) is 5.17 Å². The lowest BCUT2D eigenvalue weighted by molar-refractivity contribution is -0.115. The number of benzene rings is 2. The first-order valence-corrected chi connectivity index (χ1v) is 9.36. The van der Waals surface area contributed by atoms with Crippen LogP contribution in [0.2, 0.25) is 5.02 Å².